The molecule has 6 rings (SSSR count). The van der Waals surface area contributed by atoms with E-state index in [0.29, 0.717) is 37.3 Å². The number of nitrogens with two attached hydrogens (primary N) is 1. The van der Waals surface area contributed by atoms with E-state index in [0.717, 1.165) is 37.7 Å². The highest BCUT2D eigenvalue weighted by molar-refractivity contribution is 5.79. The Labute approximate surface area is 153 Å². The molecular formula is C21H27FN2O2. The fourth-order valence-corrected chi connectivity index (χ4v) is 6.76. The van der Waals surface area contributed by atoms with Gasteiger partial charge in [-0.25, -0.2) is 4.39 Å². The topological polar surface area (TPSA) is 66.6 Å². The molecule has 5 heteroatoms. The first-order valence-electron chi connectivity index (χ1n) is 9.90. The van der Waals surface area contributed by atoms with Crippen molar-refractivity contribution in [3.63, 3.8) is 0 Å². The molecule has 1 saturated heterocycles. The second kappa shape index (κ2) is 5.52. The fraction of sp³-hybridized carbons (Fsp3) is 0.667. The van der Waals surface area contributed by atoms with E-state index in [9.17, 15) is 14.3 Å². The van der Waals surface area contributed by atoms with Crippen molar-refractivity contribution < 1.29 is 14.3 Å². The molecule has 4 nitrogen and oxygen atoms in total. The lowest BCUT2D eigenvalue weighted by atomic mass is 9.41. The molecule has 3 N–H and O–H groups in total. The Morgan fingerprint density at radius 2 is 1.77 bits per heavy atom. The van der Waals surface area contributed by atoms with Gasteiger partial charge in [0.15, 0.2) is 0 Å². The molecule has 0 spiro atoms. The summed E-state index contributed by atoms with van der Waals surface area (Å²) >= 11 is 0. The van der Waals surface area contributed by atoms with E-state index in [2.05, 4.69) is 0 Å². The van der Waals surface area contributed by atoms with Gasteiger partial charge in [-0.1, -0.05) is 12.1 Å². The van der Waals surface area contributed by atoms with E-state index in [1.165, 1.54) is 12.1 Å². The molecule has 1 aromatic carbocycles. The number of hydrogen-bond donors (Lipinski definition) is 2. The second-order valence-electron chi connectivity index (χ2n) is 9.35. The molecule has 4 saturated carbocycles. The van der Waals surface area contributed by atoms with Crippen LogP contribution in [0.3, 0.4) is 0 Å². The Morgan fingerprint density at radius 1 is 1.15 bits per heavy atom. The first-order chi connectivity index (χ1) is 12.4. The van der Waals surface area contributed by atoms with Crippen molar-refractivity contribution in [2.45, 2.75) is 55.6 Å². The molecule has 2 unspecified atom stereocenters. The molecule has 1 amide bonds. The Kier molecular flexibility index (Phi) is 3.55. The first kappa shape index (κ1) is 16.7. The molecule has 4 aliphatic carbocycles. The van der Waals surface area contributed by atoms with Gasteiger partial charge in [-0.15, -0.1) is 0 Å². The summed E-state index contributed by atoms with van der Waals surface area (Å²) in [4.78, 5) is 14.9. The van der Waals surface area contributed by atoms with Gasteiger partial charge in [-0.3, -0.25) is 4.79 Å². The van der Waals surface area contributed by atoms with Gasteiger partial charge in [0, 0.05) is 31.0 Å². The van der Waals surface area contributed by atoms with Gasteiger partial charge < -0.3 is 15.7 Å². The maximum atomic E-state index is 13.6. The van der Waals surface area contributed by atoms with Gasteiger partial charge in [0.2, 0.25) is 5.91 Å². The van der Waals surface area contributed by atoms with Crippen molar-refractivity contribution in [3.05, 3.63) is 35.6 Å². The van der Waals surface area contributed by atoms with Crippen molar-refractivity contribution >= 4 is 5.91 Å². The Balaban J connectivity index is 1.53. The average molecular weight is 358 g/mol. The SMILES string of the molecule is NC1CN(C(=O)C[C@]2(c3ccc(F)cc3)C3CC4CC2C[C@](O)(C4)C3)C1. The molecule has 1 heterocycles. The van der Waals surface area contributed by atoms with E-state index >= 15 is 0 Å². The summed E-state index contributed by atoms with van der Waals surface area (Å²) in [6, 6.07) is 6.87. The monoisotopic (exact) mass is 358 g/mol. The second-order valence-corrected chi connectivity index (χ2v) is 9.35. The largest absolute Gasteiger partial charge is 0.390 e. The van der Waals surface area contributed by atoms with Crippen LogP contribution in [0.2, 0.25) is 0 Å². The minimum atomic E-state index is -0.553. The number of benzene rings is 1. The summed E-state index contributed by atoms with van der Waals surface area (Å²) in [6.07, 6.45) is 5.05. The number of halogens is 1. The number of amides is 1. The predicted octanol–water partition coefficient (Wildman–Crippen LogP) is 2.19. The van der Waals surface area contributed by atoms with Crippen molar-refractivity contribution in [3.8, 4) is 0 Å². The standard InChI is InChI=1S/C21H27FN2O2/c22-17-3-1-14(2-4-17)21(10-19(25)24-11-18(23)12-24)15-5-13-6-16(21)9-20(26,7-13)8-15/h1-4,13,15-16,18,26H,5-12,23H2/t13?,15?,16?,20-,21-. The molecule has 4 bridgehead atoms. The molecule has 1 aromatic rings. The predicted molar refractivity (Wildman–Crippen MR) is 95.8 cm³/mol. The maximum absolute atomic E-state index is 13.6. The van der Waals surface area contributed by atoms with Crippen LogP contribution in [0.1, 0.15) is 44.1 Å². The molecule has 1 aliphatic heterocycles. The lowest BCUT2D eigenvalue weighted by molar-refractivity contribution is -0.173. The number of nitrogens with zero attached hydrogens (tertiary/aromatic N) is 1. The van der Waals surface area contributed by atoms with E-state index in [1.54, 1.807) is 0 Å². The highest BCUT2D eigenvalue weighted by Crippen LogP contribution is 2.65. The highest BCUT2D eigenvalue weighted by atomic mass is 19.1. The number of carbonyl (C=O) groups excluding carboxylic acids is 1. The third-order valence-electron chi connectivity index (χ3n) is 7.70. The Morgan fingerprint density at radius 3 is 2.31 bits per heavy atom. The smallest absolute Gasteiger partial charge is 0.223 e. The summed E-state index contributed by atoms with van der Waals surface area (Å²) < 4.78 is 13.6. The molecular weight excluding hydrogens is 331 g/mol. The zero-order chi connectivity index (χ0) is 18.1. The molecule has 0 aromatic heterocycles. The quantitative estimate of drug-likeness (QED) is 0.870. The minimum absolute atomic E-state index is 0.0972. The summed E-state index contributed by atoms with van der Waals surface area (Å²) in [5.41, 5.74) is 6.12. The summed E-state index contributed by atoms with van der Waals surface area (Å²) in [7, 11) is 0. The zero-order valence-electron chi connectivity index (χ0n) is 15.0. The van der Waals surface area contributed by atoms with Gasteiger partial charge in [0.25, 0.3) is 0 Å². The van der Waals surface area contributed by atoms with Crippen molar-refractivity contribution in [2.75, 3.05) is 13.1 Å². The Bertz CT molecular complexity index is 712. The van der Waals surface area contributed by atoms with Crippen molar-refractivity contribution in [2.24, 2.45) is 23.5 Å². The zero-order valence-corrected chi connectivity index (χ0v) is 15.0. The minimum Gasteiger partial charge on any atom is -0.390 e. The van der Waals surface area contributed by atoms with Crippen LogP contribution in [-0.4, -0.2) is 40.6 Å². The van der Waals surface area contributed by atoms with Gasteiger partial charge in [-0.2, -0.15) is 0 Å². The summed E-state index contributed by atoms with van der Waals surface area (Å²) in [5, 5.41) is 11.0. The van der Waals surface area contributed by atoms with Crippen molar-refractivity contribution in [1.82, 2.24) is 4.90 Å². The molecule has 140 valence electrons. The van der Waals surface area contributed by atoms with Gasteiger partial charge in [0.05, 0.1) is 5.60 Å². The van der Waals surface area contributed by atoms with E-state index < -0.39 is 5.60 Å². The lowest BCUT2D eigenvalue weighted by Crippen LogP contribution is -2.64. The van der Waals surface area contributed by atoms with Crippen LogP contribution in [-0.2, 0) is 10.2 Å². The van der Waals surface area contributed by atoms with E-state index in [1.807, 2.05) is 17.0 Å². The molecule has 2 atom stereocenters. The number of rotatable bonds is 3. The summed E-state index contributed by atoms with van der Waals surface area (Å²) in [5.74, 6) is 1.08. The summed E-state index contributed by atoms with van der Waals surface area (Å²) in [6.45, 7) is 1.28. The maximum Gasteiger partial charge on any atom is 0.223 e. The number of hydrogen-bond acceptors (Lipinski definition) is 3. The lowest BCUT2D eigenvalue weighted by Gasteiger charge is -2.64. The van der Waals surface area contributed by atoms with E-state index in [-0.39, 0.29) is 23.2 Å². The number of likely N-dealkylation sites (tertiary alicyclic amines) is 1. The van der Waals surface area contributed by atoms with Crippen LogP contribution in [0.15, 0.2) is 24.3 Å². The van der Waals surface area contributed by atoms with Gasteiger partial charge in [-0.05, 0) is 67.6 Å². The molecule has 26 heavy (non-hydrogen) atoms. The fourth-order valence-electron chi connectivity index (χ4n) is 6.76. The van der Waals surface area contributed by atoms with Gasteiger partial charge in [0.1, 0.15) is 5.82 Å². The van der Waals surface area contributed by atoms with Crippen LogP contribution in [0, 0.1) is 23.6 Å². The average Bonchev–Trinajstić information content (AvgIpc) is 2.54. The van der Waals surface area contributed by atoms with Crippen LogP contribution < -0.4 is 5.73 Å². The third kappa shape index (κ3) is 2.36. The first-order valence-corrected chi connectivity index (χ1v) is 9.90. The van der Waals surface area contributed by atoms with Crippen LogP contribution in [0.4, 0.5) is 4.39 Å². The van der Waals surface area contributed by atoms with Crippen LogP contribution in [0.5, 0.6) is 0 Å². The number of carbonyl (C=O) groups is 1. The molecule has 0 radical (unpaired) electrons. The molecule has 5 fully saturated rings. The van der Waals surface area contributed by atoms with Crippen LogP contribution in [0.25, 0.3) is 0 Å². The molecule has 5 aliphatic rings. The highest BCUT2D eigenvalue weighted by Gasteiger charge is 2.62. The van der Waals surface area contributed by atoms with Crippen LogP contribution >= 0.6 is 0 Å². The Hall–Kier alpha value is -1.46. The van der Waals surface area contributed by atoms with E-state index in [4.69, 9.17) is 5.73 Å². The number of aliphatic hydroxyl groups is 1. The third-order valence-corrected chi connectivity index (χ3v) is 7.70. The van der Waals surface area contributed by atoms with Gasteiger partial charge >= 0.3 is 0 Å². The normalized spacial score (nSPS) is 41.3. The van der Waals surface area contributed by atoms with Crippen molar-refractivity contribution in [1.29, 1.82) is 0 Å².